The number of rotatable bonds is 3. The summed E-state index contributed by atoms with van der Waals surface area (Å²) >= 11 is 0. The van der Waals surface area contributed by atoms with E-state index in [1.54, 1.807) is 29.8 Å². The minimum absolute atomic E-state index is 0.209. The van der Waals surface area contributed by atoms with Crippen molar-refractivity contribution in [1.29, 1.82) is 0 Å². The number of ether oxygens (including phenoxy) is 1. The van der Waals surface area contributed by atoms with Crippen LogP contribution in [0.4, 0.5) is 0 Å². The minimum Gasteiger partial charge on any atom is -0.461 e. The van der Waals surface area contributed by atoms with E-state index in [2.05, 4.69) is 4.98 Å². The van der Waals surface area contributed by atoms with Crippen molar-refractivity contribution in [1.82, 2.24) is 9.38 Å². The lowest BCUT2D eigenvalue weighted by molar-refractivity contribution is 0.0520. The molecule has 2 aromatic rings. The van der Waals surface area contributed by atoms with Crippen molar-refractivity contribution < 1.29 is 14.3 Å². The number of aldehydes is 1. The van der Waals surface area contributed by atoms with Gasteiger partial charge in [0.05, 0.1) is 12.2 Å². The number of carbonyl (C=O) groups is 2. The molecule has 0 bridgehead atoms. The van der Waals surface area contributed by atoms with Gasteiger partial charge in [-0.2, -0.15) is 0 Å². The molecule has 0 atom stereocenters. The molecule has 0 amide bonds. The number of esters is 1. The highest BCUT2D eigenvalue weighted by Gasteiger charge is 2.13. The minimum atomic E-state index is -0.481. The summed E-state index contributed by atoms with van der Waals surface area (Å²) in [5.41, 5.74) is 2.06. The zero-order chi connectivity index (χ0) is 12.4. The number of hydrogen-bond donors (Lipinski definition) is 0. The molecule has 0 unspecified atom stereocenters. The number of pyridine rings is 1. The molecule has 0 aliphatic carbocycles. The van der Waals surface area contributed by atoms with E-state index in [1.165, 1.54) is 0 Å². The number of hydrogen-bond acceptors (Lipinski definition) is 4. The van der Waals surface area contributed by atoms with Crippen molar-refractivity contribution >= 4 is 17.9 Å². The van der Waals surface area contributed by atoms with Crippen LogP contribution in [-0.2, 0) is 4.74 Å². The second kappa shape index (κ2) is 4.37. The predicted octanol–water partition coefficient (Wildman–Crippen LogP) is 1.63. The van der Waals surface area contributed by atoms with Crippen molar-refractivity contribution in [3.63, 3.8) is 0 Å². The first-order valence-electron chi connectivity index (χ1n) is 5.27. The highest BCUT2D eigenvalue weighted by atomic mass is 16.5. The molecule has 17 heavy (non-hydrogen) atoms. The molecule has 0 N–H and O–H groups in total. The molecule has 0 aliphatic heterocycles. The van der Waals surface area contributed by atoms with Gasteiger partial charge in [0.1, 0.15) is 5.65 Å². The summed E-state index contributed by atoms with van der Waals surface area (Å²) in [6.45, 7) is 3.90. The van der Waals surface area contributed by atoms with Gasteiger partial charge >= 0.3 is 5.97 Å². The van der Waals surface area contributed by atoms with Gasteiger partial charge in [0.15, 0.2) is 12.0 Å². The van der Waals surface area contributed by atoms with Gasteiger partial charge in [0.25, 0.3) is 0 Å². The third kappa shape index (κ3) is 2.04. The molecule has 0 radical (unpaired) electrons. The zero-order valence-electron chi connectivity index (χ0n) is 9.64. The van der Waals surface area contributed by atoms with E-state index in [9.17, 15) is 9.59 Å². The topological polar surface area (TPSA) is 60.7 Å². The van der Waals surface area contributed by atoms with Crippen LogP contribution in [0.25, 0.3) is 5.65 Å². The van der Waals surface area contributed by atoms with Crippen molar-refractivity contribution in [3.05, 3.63) is 35.3 Å². The van der Waals surface area contributed by atoms with Crippen LogP contribution in [0.1, 0.15) is 33.3 Å². The normalized spacial score (nSPS) is 10.5. The Kier molecular flexibility index (Phi) is 2.91. The van der Waals surface area contributed by atoms with Gasteiger partial charge < -0.3 is 9.14 Å². The number of carbonyl (C=O) groups excluding carboxylic acids is 2. The van der Waals surface area contributed by atoms with Gasteiger partial charge in [-0.15, -0.1) is 0 Å². The molecule has 0 aliphatic rings. The van der Waals surface area contributed by atoms with Crippen LogP contribution in [0.2, 0.25) is 0 Å². The van der Waals surface area contributed by atoms with Gasteiger partial charge in [-0.3, -0.25) is 4.79 Å². The van der Waals surface area contributed by atoms with Crippen molar-refractivity contribution in [2.75, 3.05) is 6.61 Å². The van der Waals surface area contributed by atoms with Crippen molar-refractivity contribution in [2.45, 2.75) is 13.8 Å². The van der Waals surface area contributed by atoms with E-state index >= 15 is 0 Å². The largest absolute Gasteiger partial charge is 0.461 e. The van der Waals surface area contributed by atoms with E-state index in [4.69, 9.17) is 4.74 Å². The lowest BCUT2D eigenvalue weighted by atomic mass is 10.2. The Labute approximate surface area is 98.0 Å². The molecule has 0 spiro atoms. The molecule has 5 heteroatoms. The van der Waals surface area contributed by atoms with Crippen molar-refractivity contribution in [2.24, 2.45) is 0 Å². The van der Waals surface area contributed by atoms with Crippen LogP contribution in [0, 0.1) is 6.92 Å². The van der Waals surface area contributed by atoms with E-state index in [0.717, 1.165) is 11.8 Å². The molecule has 0 fully saturated rings. The summed E-state index contributed by atoms with van der Waals surface area (Å²) in [5.74, 6) is -0.481. The molecule has 0 saturated heterocycles. The summed E-state index contributed by atoms with van der Waals surface area (Å²) in [7, 11) is 0. The second-order valence-corrected chi connectivity index (χ2v) is 3.67. The lowest BCUT2D eigenvalue weighted by Crippen LogP contribution is -2.04. The van der Waals surface area contributed by atoms with Crippen LogP contribution in [0.3, 0.4) is 0 Å². The smallest absolute Gasteiger partial charge is 0.358 e. The Balaban J connectivity index is 2.56. The van der Waals surface area contributed by atoms with Crippen LogP contribution < -0.4 is 0 Å². The SMILES string of the molecule is CCOC(=O)c1cn2cc(C)cc(C=O)c2n1. The summed E-state index contributed by atoms with van der Waals surface area (Å²) < 4.78 is 6.52. The zero-order valence-corrected chi connectivity index (χ0v) is 9.64. The molecule has 88 valence electrons. The Bertz CT molecular complexity index is 587. The predicted molar refractivity (Wildman–Crippen MR) is 61.3 cm³/mol. The fourth-order valence-electron chi connectivity index (χ4n) is 1.66. The Morgan fingerprint density at radius 3 is 2.94 bits per heavy atom. The lowest BCUT2D eigenvalue weighted by Gasteiger charge is -1.98. The Hall–Kier alpha value is -2.17. The van der Waals surface area contributed by atoms with Crippen LogP contribution in [0.15, 0.2) is 18.5 Å². The highest BCUT2D eigenvalue weighted by molar-refractivity contribution is 5.90. The van der Waals surface area contributed by atoms with E-state index in [1.807, 2.05) is 6.92 Å². The van der Waals surface area contributed by atoms with Gasteiger partial charge in [-0.25, -0.2) is 9.78 Å². The molecule has 5 nitrogen and oxygen atoms in total. The maximum atomic E-state index is 11.5. The molecule has 2 heterocycles. The molecule has 0 aromatic carbocycles. The third-order valence-corrected chi connectivity index (χ3v) is 2.33. The quantitative estimate of drug-likeness (QED) is 0.596. The number of fused-ring (bicyclic) bond motifs is 1. The maximum Gasteiger partial charge on any atom is 0.358 e. The summed E-state index contributed by atoms with van der Waals surface area (Å²) in [6, 6.07) is 1.73. The van der Waals surface area contributed by atoms with Crippen LogP contribution >= 0.6 is 0 Å². The van der Waals surface area contributed by atoms with Gasteiger partial charge in [0, 0.05) is 12.4 Å². The fraction of sp³-hybridized carbons (Fsp3) is 0.250. The number of nitrogens with zero attached hydrogens (tertiary/aromatic N) is 2. The molecular formula is C12H12N2O3. The summed E-state index contributed by atoms with van der Waals surface area (Å²) in [5, 5.41) is 0. The van der Waals surface area contributed by atoms with Crippen LogP contribution in [-0.4, -0.2) is 28.2 Å². The standard InChI is InChI=1S/C12H12N2O3/c1-3-17-12(16)10-6-14-5-8(2)4-9(7-15)11(14)13-10/h4-7H,3H2,1-2H3. The first kappa shape index (κ1) is 11.3. The first-order valence-corrected chi connectivity index (χ1v) is 5.27. The maximum absolute atomic E-state index is 11.5. The molecule has 2 aromatic heterocycles. The van der Waals surface area contributed by atoms with E-state index in [0.29, 0.717) is 17.8 Å². The number of aromatic nitrogens is 2. The van der Waals surface area contributed by atoms with Gasteiger partial charge in [-0.1, -0.05) is 0 Å². The molecule has 0 saturated carbocycles. The Morgan fingerprint density at radius 2 is 2.29 bits per heavy atom. The molecular weight excluding hydrogens is 220 g/mol. The second-order valence-electron chi connectivity index (χ2n) is 3.67. The fourth-order valence-corrected chi connectivity index (χ4v) is 1.66. The number of aryl methyl sites for hydroxylation is 1. The Morgan fingerprint density at radius 1 is 1.53 bits per heavy atom. The molecule has 2 rings (SSSR count). The third-order valence-electron chi connectivity index (χ3n) is 2.33. The van der Waals surface area contributed by atoms with Crippen LogP contribution in [0.5, 0.6) is 0 Å². The number of imidazole rings is 1. The highest BCUT2D eigenvalue weighted by Crippen LogP contribution is 2.12. The monoisotopic (exact) mass is 232 g/mol. The van der Waals surface area contributed by atoms with E-state index in [-0.39, 0.29) is 5.69 Å². The van der Waals surface area contributed by atoms with E-state index < -0.39 is 5.97 Å². The summed E-state index contributed by atoms with van der Waals surface area (Å²) in [6.07, 6.45) is 4.09. The average molecular weight is 232 g/mol. The van der Waals surface area contributed by atoms with Crippen molar-refractivity contribution in [3.8, 4) is 0 Å². The average Bonchev–Trinajstić information content (AvgIpc) is 2.71. The first-order chi connectivity index (χ1) is 8.15. The van der Waals surface area contributed by atoms with Gasteiger partial charge in [0.2, 0.25) is 0 Å². The summed E-state index contributed by atoms with van der Waals surface area (Å²) in [4.78, 5) is 26.5. The van der Waals surface area contributed by atoms with Gasteiger partial charge in [-0.05, 0) is 25.5 Å².